The Hall–Kier alpha value is -0.770. The minimum absolute atomic E-state index is 0.0567. The number of rotatable bonds is 2. The molecule has 1 rings (SSSR count). The van der Waals surface area contributed by atoms with Gasteiger partial charge in [0.25, 0.3) is 0 Å². The molecule has 1 saturated heterocycles. The first-order valence-electron chi connectivity index (χ1n) is 6.46. The summed E-state index contributed by atoms with van der Waals surface area (Å²) in [5.74, 6) is 0. The van der Waals surface area contributed by atoms with E-state index in [1.54, 1.807) is 0 Å². The minimum atomic E-state index is -0.450. The van der Waals surface area contributed by atoms with E-state index < -0.39 is 5.60 Å². The average molecular weight is 243 g/mol. The monoisotopic (exact) mass is 243 g/mol. The highest BCUT2D eigenvalue weighted by molar-refractivity contribution is 5.68. The smallest absolute Gasteiger partial charge is 0.407 e. The van der Waals surface area contributed by atoms with Crippen LogP contribution < -0.4 is 5.32 Å². The first-order chi connectivity index (χ1) is 7.81. The molecule has 4 nitrogen and oxygen atoms in total. The van der Waals surface area contributed by atoms with Crippen LogP contribution >= 0.6 is 0 Å². The quantitative estimate of drug-likeness (QED) is 0.811. The van der Waals surface area contributed by atoms with Crippen LogP contribution in [0, 0.1) is 0 Å². The average Bonchev–Trinajstić information content (AvgIpc) is 2.18. The number of hydrogen-bond acceptors (Lipinski definition) is 3. The molecule has 1 fully saturated rings. The lowest BCUT2D eigenvalue weighted by molar-refractivity contribution is -0.0609. The Morgan fingerprint density at radius 2 is 2.06 bits per heavy atom. The second-order valence-corrected chi connectivity index (χ2v) is 5.70. The normalized spacial score (nSPS) is 29.8. The van der Waals surface area contributed by atoms with Gasteiger partial charge in [0.1, 0.15) is 5.60 Å². The fraction of sp³-hybridized carbons (Fsp3) is 0.923. The van der Waals surface area contributed by atoms with Gasteiger partial charge in [-0.1, -0.05) is 6.92 Å². The van der Waals surface area contributed by atoms with Crippen LogP contribution in [0.3, 0.4) is 0 Å². The Kier molecular flexibility index (Phi) is 4.80. The Bertz CT molecular complexity index is 260. The maximum Gasteiger partial charge on any atom is 0.407 e. The fourth-order valence-corrected chi connectivity index (χ4v) is 2.02. The van der Waals surface area contributed by atoms with Crippen LogP contribution in [0.2, 0.25) is 0 Å². The number of ether oxygens (including phenoxy) is 2. The third-order valence-electron chi connectivity index (χ3n) is 2.93. The van der Waals surface area contributed by atoms with Crippen LogP contribution in [0.1, 0.15) is 53.9 Å². The van der Waals surface area contributed by atoms with Crippen LogP contribution in [-0.4, -0.2) is 29.9 Å². The van der Waals surface area contributed by atoms with Gasteiger partial charge < -0.3 is 14.8 Å². The van der Waals surface area contributed by atoms with Gasteiger partial charge in [0.05, 0.1) is 18.2 Å². The van der Waals surface area contributed by atoms with Gasteiger partial charge in [-0.3, -0.25) is 0 Å². The standard InChI is InChI=1S/C13H25NO3/c1-6-10-7-8-11(9(2)16-10)14-12(15)17-13(3,4)5/h9-11H,6-8H2,1-5H3,(H,14,15)/t9-,10+,11-/m0/s1. The maximum atomic E-state index is 11.6. The second kappa shape index (κ2) is 5.71. The largest absolute Gasteiger partial charge is 0.444 e. The molecule has 1 aliphatic heterocycles. The van der Waals surface area contributed by atoms with Crippen molar-refractivity contribution in [1.29, 1.82) is 0 Å². The summed E-state index contributed by atoms with van der Waals surface area (Å²) in [6.07, 6.45) is 3.03. The van der Waals surface area contributed by atoms with Crippen molar-refractivity contribution >= 4 is 6.09 Å². The molecular formula is C13H25NO3. The molecule has 0 aromatic carbocycles. The molecule has 100 valence electrons. The molecule has 3 atom stereocenters. The molecular weight excluding hydrogens is 218 g/mol. The van der Waals surface area contributed by atoms with E-state index in [4.69, 9.17) is 9.47 Å². The zero-order valence-electron chi connectivity index (χ0n) is 11.6. The van der Waals surface area contributed by atoms with Gasteiger partial charge in [-0.15, -0.1) is 0 Å². The first kappa shape index (κ1) is 14.3. The lowest BCUT2D eigenvalue weighted by Crippen LogP contribution is -2.49. The van der Waals surface area contributed by atoms with Crippen LogP contribution in [0.4, 0.5) is 4.79 Å². The van der Waals surface area contributed by atoms with Crippen LogP contribution in [0.15, 0.2) is 0 Å². The molecule has 17 heavy (non-hydrogen) atoms. The molecule has 0 aliphatic carbocycles. The van der Waals surface area contributed by atoms with Gasteiger partial charge in [-0.05, 0) is 47.0 Å². The maximum absolute atomic E-state index is 11.6. The van der Waals surface area contributed by atoms with Gasteiger partial charge in [-0.25, -0.2) is 4.79 Å². The number of amides is 1. The lowest BCUT2D eigenvalue weighted by atomic mass is 9.98. The number of alkyl carbamates (subject to hydrolysis) is 1. The summed E-state index contributed by atoms with van der Waals surface area (Å²) in [7, 11) is 0. The summed E-state index contributed by atoms with van der Waals surface area (Å²) in [4.78, 5) is 11.6. The fourth-order valence-electron chi connectivity index (χ4n) is 2.02. The Morgan fingerprint density at radius 1 is 1.41 bits per heavy atom. The van der Waals surface area contributed by atoms with Crippen molar-refractivity contribution in [2.45, 2.75) is 77.7 Å². The molecule has 1 N–H and O–H groups in total. The Balaban J connectivity index is 2.40. The number of nitrogens with one attached hydrogen (secondary N) is 1. The van der Waals surface area contributed by atoms with Gasteiger partial charge in [-0.2, -0.15) is 0 Å². The van der Waals surface area contributed by atoms with E-state index in [1.807, 2.05) is 27.7 Å². The summed E-state index contributed by atoms with van der Waals surface area (Å²) >= 11 is 0. The van der Waals surface area contributed by atoms with E-state index in [1.165, 1.54) is 0 Å². The Labute approximate surface area is 104 Å². The summed E-state index contributed by atoms with van der Waals surface area (Å²) in [6.45, 7) is 9.71. The van der Waals surface area contributed by atoms with Crippen molar-refractivity contribution in [2.24, 2.45) is 0 Å². The van der Waals surface area contributed by atoms with Crippen molar-refractivity contribution in [3.63, 3.8) is 0 Å². The van der Waals surface area contributed by atoms with E-state index in [0.717, 1.165) is 19.3 Å². The first-order valence-corrected chi connectivity index (χ1v) is 6.46. The summed E-state index contributed by atoms with van der Waals surface area (Å²) in [5, 5.41) is 2.88. The molecule has 1 aliphatic rings. The van der Waals surface area contributed by atoms with E-state index in [9.17, 15) is 4.79 Å². The second-order valence-electron chi connectivity index (χ2n) is 5.70. The lowest BCUT2D eigenvalue weighted by Gasteiger charge is -2.35. The molecule has 1 amide bonds. The van der Waals surface area contributed by atoms with Gasteiger partial charge >= 0.3 is 6.09 Å². The van der Waals surface area contributed by atoms with Gasteiger partial charge in [0.15, 0.2) is 0 Å². The predicted octanol–water partition coefficient (Wildman–Crippen LogP) is 2.86. The Morgan fingerprint density at radius 3 is 2.53 bits per heavy atom. The molecule has 1 heterocycles. The highest BCUT2D eigenvalue weighted by Crippen LogP contribution is 2.21. The molecule has 0 aromatic rings. The van der Waals surface area contributed by atoms with E-state index >= 15 is 0 Å². The number of carbonyl (C=O) groups is 1. The summed E-state index contributed by atoms with van der Waals surface area (Å²) < 4.78 is 11.0. The number of hydrogen-bond donors (Lipinski definition) is 1. The molecule has 0 saturated carbocycles. The number of carbonyl (C=O) groups excluding carboxylic acids is 1. The van der Waals surface area contributed by atoms with Crippen molar-refractivity contribution < 1.29 is 14.3 Å². The molecule has 4 heteroatoms. The van der Waals surface area contributed by atoms with E-state index in [-0.39, 0.29) is 18.2 Å². The SMILES string of the molecule is CC[C@@H]1CC[C@H](NC(=O)OC(C)(C)C)[C@H](C)O1. The van der Waals surface area contributed by atoms with Gasteiger partial charge in [0.2, 0.25) is 0 Å². The summed E-state index contributed by atoms with van der Waals surface area (Å²) in [5.41, 5.74) is -0.450. The predicted molar refractivity (Wildman–Crippen MR) is 67.0 cm³/mol. The van der Waals surface area contributed by atoms with Crippen LogP contribution in [0.25, 0.3) is 0 Å². The minimum Gasteiger partial charge on any atom is -0.444 e. The molecule has 0 radical (unpaired) electrons. The van der Waals surface area contributed by atoms with Crippen molar-refractivity contribution in [2.75, 3.05) is 0 Å². The highest BCUT2D eigenvalue weighted by atomic mass is 16.6. The van der Waals surface area contributed by atoms with Crippen molar-refractivity contribution in [1.82, 2.24) is 5.32 Å². The zero-order chi connectivity index (χ0) is 13.1. The molecule has 0 spiro atoms. The topological polar surface area (TPSA) is 47.6 Å². The van der Waals surface area contributed by atoms with E-state index in [2.05, 4.69) is 12.2 Å². The third-order valence-corrected chi connectivity index (χ3v) is 2.93. The van der Waals surface area contributed by atoms with Crippen LogP contribution in [0.5, 0.6) is 0 Å². The highest BCUT2D eigenvalue weighted by Gasteiger charge is 2.29. The van der Waals surface area contributed by atoms with Crippen LogP contribution in [-0.2, 0) is 9.47 Å². The zero-order valence-corrected chi connectivity index (χ0v) is 11.6. The van der Waals surface area contributed by atoms with Crippen molar-refractivity contribution in [3.05, 3.63) is 0 Å². The third kappa shape index (κ3) is 4.94. The van der Waals surface area contributed by atoms with Crippen molar-refractivity contribution in [3.8, 4) is 0 Å². The summed E-state index contributed by atoms with van der Waals surface area (Å²) in [6, 6.07) is 0.0626. The van der Waals surface area contributed by atoms with E-state index in [0.29, 0.717) is 6.10 Å². The van der Waals surface area contributed by atoms with Gasteiger partial charge in [0, 0.05) is 0 Å². The molecule has 0 unspecified atom stereocenters. The molecule has 0 aromatic heterocycles. The molecule has 0 bridgehead atoms.